The molecule has 0 aromatic heterocycles. The first kappa shape index (κ1) is 13.7. The highest BCUT2D eigenvalue weighted by Crippen LogP contribution is 1.86. The third kappa shape index (κ3) is 9.77. The quantitative estimate of drug-likeness (QED) is 0.489. The van der Waals surface area contributed by atoms with Crippen LogP contribution in [0, 0.1) is 0 Å². The second-order valence-electron chi connectivity index (χ2n) is 3.01. The van der Waals surface area contributed by atoms with Gasteiger partial charge in [0.15, 0.2) is 0 Å². The summed E-state index contributed by atoms with van der Waals surface area (Å²) in [6.07, 6.45) is 0.0771. The number of ether oxygens (including phenoxy) is 2. The molecule has 0 bridgehead atoms. The third-order valence-corrected chi connectivity index (χ3v) is 1.49. The number of amides is 1. The van der Waals surface area contributed by atoms with Crippen LogP contribution >= 0.6 is 11.6 Å². The summed E-state index contributed by atoms with van der Waals surface area (Å²) in [5, 5.41) is 2.66. The molecule has 0 saturated carbocycles. The first-order chi connectivity index (χ1) is 6.66. The fraction of sp³-hybridized carbons (Fsp3) is 0.889. The van der Waals surface area contributed by atoms with Crippen molar-refractivity contribution in [2.45, 2.75) is 20.0 Å². The van der Waals surface area contributed by atoms with Gasteiger partial charge in [-0.3, -0.25) is 4.79 Å². The van der Waals surface area contributed by atoms with Gasteiger partial charge in [-0.1, -0.05) is 0 Å². The van der Waals surface area contributed by atoms with Crippen LogP contribution in [0.3, 0.4) is 0 Å². The number of nitrogens with one attached hydrogen (secondary N) is 1. The zero-order chi connectivity index (χ0) is 10.8. The molecule has 0 unspecified atom stereocenters. The minimum absolute atomic E-state index is 0.0771. The molecule has 0 rings (SSSR count). The Morgan fingerprint density at radius 1 is 1.43 bits per heavy atom. The average Bonchev–Trinajstić information content (AvgIpc) is 2.14. The lowest BCUT2D eigenvalue weighted by atomic mass is 10.5. The predicted molar refractivity (Wildman–Crippen MR) is 55.6 cm³/mol. The van der Waals surface area contributed by atoms with E-state index in [0.29, 0.717) is 25.6 Å². The number of hydrogen-bond acceptors (Lipinski definition) is 3. The molecule has 0 heterocycles. The zero-order valence-electron chi connectivity index (χ0n) is 8.72. The summed E-state index contributed by atoms with van der Waals surface area (Å²) in [6, 6.07) is 0. The van der Waals surface area contributed by atoms with Crippen LogP contribution in [0.1, 0.15) is 13.8 Å². The molecule has 14 heavy (non-hydrogen) atoms. The van der Waals surface area contributed by atoms with E-state index in [1.165, 1.54) is 0 Å². The molecule has 0 aliphatic rings. The number of rotatable bonds is 8. The van der Waals surface area contributed by atoms with E-state index >= 15 is 0 Å². The molecule has 0 radical (unpaired) electrons. The highest BCUT2D eigenvalue weighted by Gasteiger charge is 2.01. The molecule has 0 fully saturated rings. The van der Waals surface area contributed by atoms with E-state index < -0.39 is 0 Å². The lowest BCUT2D eigenvalue weighted by Gasteiger charge is -2.08. The van der Waals surface area contributed by atoms with Crippen molar-refractivity contribution in [1.82, 2.24) is 5.32 Å². The summed E-state index contributed by atoms with van der Waals surface area (Å²) in [6.45, 7) is 5.37. The number of halogens is 1. The Morgan fingerprint density at radius 2 is 2.14 bits per heavy atom. The summed E-state index contributed by atoms with van der Waals surface area (Å²) in [5.41, 5.74) is 0. The Kier molecular flexibility index (Phi) is 9.03. The van der Waals surface area contributed by atoms with E-state index in [9.17, 15) is 4.79 Å². The SMILES string of the molecule is CC(C)OCC(=O)NCCOCCCl. The van der Waals surface area contributed by atoms with Crippen molar-refractivity contribution < 1.29 is 14.3 Å². The minimum Gasteiger partial charge on any atom is -0.378 e. The van der Waals surface area contributed by atoms with E-state index in [2.05, 4.69) is 5.32 Å². The Hall–Kier alpha value is -0.320. The second kappa shape index (κ2) is 9.24. The highest BCUT2D eigenvalue weighted by molar-refractivity contribution is 6.17. The van der Waals surface area contributed by atoms with Gasteiger partial charge >= 0.3 is 0 Å². The largest absolute Gasteiger partial charge is 0.378 e. The lowest BCUT2D eigenvalue weighted by molar-refractivity contribution is -0.127. The molecule has 1 N–H and O–H groups in total. The van der Waals surface area contributed by atoms with Gasteiger partial charge in [-0.15, -0.1) is 11.6 Å². The maximum Gasteiger partial charge on any atom is 0.246 e. The lowest BCUT2D eigenvalue weighted by Crippen LogP contribution is -2.31. The first-order valence-electron chi connectivity index (χ1n) is 4.68. The van der Waals surface area contributed by atoms with E-state index in [0.717, 1.165) is 0 Å². The van der Waals surface area contributed by atoms with Crippen molar-refractivity contribution in [3.8, 4) is 0 Å². The molecule has 0 spiro atoms. The molecule has 84 valence electrons. The molecular formula is C9H18ClNO3. The number of carbonyl (C=O) groups is 1. The van der Waals surface area contributed by atoms with Gasteiger partial charge in [0.05, 0.1) is 19.3 Å². The van der Waals surface area contributed by atoms with Crippen LogP contribution in [0.25, 0.3) is 0 Å². The van der Waals surface area contributed by atoms with Gasteiger partial charge in [0, 0.05) is 12.4 Å². The normalized spacial score (nSPS) is 10.6. The number of carbonyl (C=O) groups excluding carboxylic acids is 1. The van der Waals surface area contributed by atoms with Crippen LogP contribution in [0.5, 0.6) is 0 Å². The Bertz CT molecular complexity index is 153. The van der Waals surface area contributed by atoms with E-state index in [-0.39, 0.29) is 18.6 Å². The summed E-state index contributed by atoms with van der Waals surface area (Å²) in [5.74, 6) is 0.359. The minimum atomic E-state index is -0.117. The van der Waals surface area contributed by atoms with Crippen molar-refractivity contribution in [2.75, 3.05) is 32.2 Å². The van der Waals surface area contributed by atoms with Gasteiger partial charge in [0.25, 0.3) is 0 Å². The third-order valence-electron chi connectivity index (χ3n) is 1.34. The van der Waals surface area contributed by atoms with Crippen LogP contribution in [-0.4, -0.2) is 44.3 Å². The highest BCUT2D eigenvalue weighted by atomic mass is 35.5. The molecule has 0 saturated heterocycles. The summed E-state index contributed by atoms with van der Waals surface area (Å²) in [4.78, 5) is 11.1. The molecule has 0 atom stereocenters. The summed E-state index contributed by atoms with van der Waals surface area (Å²) in [7, 11) is 0. The second-order valence-corrected chi connectivity index (χ2v) is 3.39. The van der Waals surface area contributed by atoms with E-state index in [4.69, 9.17) is 21.1 Å². The number of alkyl halides is 1. The molecule has 0 aliphatic heterocycles. The Labute approximate surface area is 89.9 Å². The number of hydrogen-bond donors (Lipinski definition) is 1. The van der Waals surface area contributed by atoms with Crippen molar-refractivity contribution in [2.24, 2.45) is 0 Å². The molecule has 0 aromatic rings. The molecule has 4 nitrogen and oxygen atoms in total. The zero-order valence-corrected chi connectivity index (χ0v) is 9.47. The van der Waals surface area contributed by atoms with Gasteiger partial charge < -0.3 is 14.8 Å². The van der Waals surface area contributed by atoms with Crippen molar-refractivity contribution in [1.29, 1.82) is 0 Å². The maximum atomic E-state index is 11.1. The van der Waals surface area contributed by atoms with Crippen LogP contribution < -0.4 is 5.32 Å². The monoisotopic (exact) mass is 223 g/mol. The van der Waals surface area contributed by atoms with Crippen molar-refractivity contribution in [3.05, 3.63) is 0 Å². The Morgan fingerprint density at radius 3 is 2.71 bits per heavy atom. The first-order valence-corrected chi connectivity index (χ1v) is 5.22. The van der Waals surface area contributed by atoms with Crippen LogP contribution in [0.15, 0.2) is 0 Å². The van der Waals surface area contributed by atoms with Crippen LogP contribution in [0.2, 0.25) is 0 Å². The molecule has 0 aromatic carbocycles. The maximum absolute atomic E-state index is 11.1. The average molecular weight is 224 g/mol. The van der Waals surface area contributed by atoms with Crippen molar-refractivity contribution >= 4 is 17.5 Å². The van der Waals surface area contributed by atoms with Gasteiger partial charge in [-0.2, -0.15) is 0 Å². The molecule has 1 amide bonds. The van der Waals surface area contributed by atoms with Gasteiger partial charge in [-0.05, 0) is 13.8 Å². The topological polar surface area (TPSA) is 47.6 Å². The fourth-order valence-corrected chi connectivity index (χ4v) is 0.822. The Balaban J connectivity index is 3.18. The van der Waals surface area contributed by atoms with Crippen LogP contribution in [0.4, 0.5) is 0 Å². The van der Waals surface area contributed by atoms with Gasteiger partial charge in [0.1, 0.15) is 6.61 Å². The smallest absolute Gasteiger partial charge is 0.246 e. The van der Waals surface area contributed by atoms with Crippen molar-refractivity contribution in [3.63, 3.8) is 0 Å². The van der Waals surface area contributed by atoms with E-state index in [1.807, 2.05) is 13.8 Å². The fourth-order valence-electron chi connectivity index (χ4n) is 0.713. The molecular weight excluding hydrogens is 206 g/mol. The predicted octanol–water partition coefficient (Wildman–Crippen LogP) is 0.783. The van der Waals surface area contributed by atoms with Gasteiger partial charge in [-0.25, -0.2) is 0 Å². The summed E-state index contributed by atoms with van der Waals surface area (Å²) < 4.78 is 10.2. The molecule has 5 heteroatoms. The molecule has 0 aliphatic carbocycles. The van der Waals surface area contributed by atoms with E-state index in [1.54, 1.807) is 0 Å². The van der Waals surface area contributed by atoms with Crippen LogP contribution in [-0.2, 0) is 14.3 Å². The standard InChI is InChI=1S/C9H18ClNO3/c1-8(2)14-7-9(12)11-4-6-13-5-3-10/h8H,3-7H2,1-2H3,(H,11,12). The van der Waals surface area contributed by atoms with Gasteiger partial charge in [0.2, 0.25) is 5.91 Å². The summed E-state index contributed by atoms with van der Waals surface area (Å²) >= 11 is 5.40.